The van der Waals surface area contributed by atoms with Gasteiger partial charge in [0, 0.05) is 24.7 Å². The number of anilines is 1. The molecule has 1 heterocycles. The zero-order valence-electron chi connectivity index (χ0n) is 21.0. The summed E-state index contributed by atoms with van der Waals surface area (Å²) in [6.45, 7) is 1.27. The number of hydrogen-bond donors (Lipinski definition) is 4. The molecule has 0 bridgehead atoms. The number of carbonyl (C=O) groups is 3. The predicted molar refractivity (Wildman–Crippen MR) is 151 cm³/mol. The molecule has 5 rings (SSSR count). The van der Waals surface area contributed by atoms with E-state index in [1.165, 1.54) is 11.1 Å². The van der Waals surface area contributed by atoms with Gasteiger partial charge in [0.25, 0.3) is 5.91 Å². The minimum atomic E-state index is -1.38. The molecule has 2 unspecified atom stereocenters. The topological polar surface area (TPSA) is 111 Å². The molecule has 0 radical (unpaired) electrons. The Morgan fingerprint density at radius 3 is 2.33 bits per heavy atom. The SMILES string of the molecule is O=C(NCC(NC(=O)c1c(Cl)cc(N2CC(c3ccccc3)C2)cc1Cl)C(=O)O)NC1CCc2ccccc21. The van der Waals surface area contributed by atoms with Gasteiger partial charge in [0.2, 0.25) is 0 Å². The molecule has 1 aliphatic heterocycles. The van der Waals surface area contributed by atoms with Crippen LogP contribution in [0.25, 0.3) is 0 Å². The molecule has 0 saturated carbocycles. The molecule has 8 nitrogen and oxygen atoms in total. The summed E-state index contributed by atoms with van der Waals surface area (Å²) >= 11 is 12.9. The molecule has 1 aliphatic carbocycles. The molecule has 10 heteroatoms. The van der Waals surface area contributed by atoms with Gasteiger partial charge in [0.05, 0.1) is 28.2 Å². The van der Waals surface area contributed by atoms with Crippen LogP contribution in [0.15, 0.2) is 66.7 Å². The van der Waals surface area contributed by atoms with E-state index in [2.05, 4.69) is 33.0 Å². The minimum Gasteiger partial charge on any atom is -0.480 e. The highest BCUT2D eigenvalue weighted by atomic mass is 35.5. The number of amides is 3. The van der Waals surface area contributed by atoms with Crippen LogP contribution in [0.1, 0.15) is 45.4 Å². The van der Waals surface area contributed by atoms with E-state index in [0.717, 1.165) is 37.2 Å². The molecule has 1 fully saturated rings. The maximum atomic E-state index is 13.0. The first-order chi connectivity index (χ1) is 18.8. The molecular weight excluding hydrogens is 539 g/mol. The van der Waals surface area contributed by atoms with Crippen molar-refractivity contribution in [2.24, 2.45) is 0 Å². The van der Waals surface area contributed by atoms with Gasteiger partial charge in [-0.25, -0.2) is 9.59 Å². The molecule has 4 N–H and O–H groups in total. The number of carboxylic acids is 1. The van der Waals surface area contributed by atoms with Crippen LogP contribution in [0.3, 0.4) is 0 Å². The number of halogens is 2. The fourth-order valence-electron chi connectivity index (χ4n) is 5.13. The van der Waals surface area contributed by atoms with Crippen LogP contribution >= 0.6 is 23.2 Å². The monoisotopic (exact) mass is 566 g/mol. The van der Waals surface area contributed by atoms with Crippen LogP contribution in [0.4, 0.5) is 10.5 Å². The number of rotatable bonds is 8. The van der Waals surface area contributed by atoms with Crippen molar-refractivity contribution in [2.75, 3.05) is 24.5 Å². The predicted octanol–water partition coefficient (Wildman–Crippen LogP) is 4.77. The van der Waals surface area contributed by atoms with Gasteiger partial charge in [-0.15, -0.1) is 0 Å². The number of hydrogen-bond acceptors (Lipinski definition) is 4. The highest BCUT2D eigenvalue weighted by Crippen LogP contribution is 2.36. The van der Waals surface area contributed by atoms with Gasteiger partial charge in [-0.1, -0.05) is 77.8 Å². The normalized spacial score (nSPS) is 17.1. The number of aryl methyl sites for hydroxylation is 1. The van der Waals surface area contributed by atoms with Gasteiger partial charge in [0.1, 0.15) is 6.04 Å². The fraction of sp³-hybridized carbons (Fsp3) is 0.276. The number of benzene rings is 3. The molecule has 0 aromatic heterocycles. The maximum Gasteiger partial charge on any atom is 0.328 e. The first kappa shape index (κ1) is 26.8. The fourth-order valence-corrected chi connectivity index (χ4v) is 5.77. The highest BCUT2D eigenvalue weighted by molar-refractivity contribution is 6.40. The number of urea groups is 1. The summed E-state index contributed by atoms with van der Waals surface area (Å²) in [5, 5.41) is 17.7. The Bertz CT molecular complexity index is 1370. The molecule has 1 saturated heterocycles. The molecule has 39 heavy (non-hydrogen) atoms. The average Bonchev–Trinajstić information content (AvgIpc) is 3.28. The summed E-state index contributed by atoms with van der Waals surface area (Å²) < 4.78 is 0. The van der Waals surface area contributed by atoms with E-state index in [1.54, 1.807) is 12.1 Å². The molecule has 3 amide bonds. The van der Waals surface area contributed by atoms with E-state index in [-0.39, 0.29) is 28.2 Å². The van der Waals surface area contributed by atoms with Crippen LogP contribution < -0.4 is 20.9 Å². The Balaban J connectivity index is 1.17. The molecular formula is C29H28Cl2N4O4. The summed E-state index contributed by atoms with van der Waals surface area (Å²) in [6.07, 6.45) is 1.63. The third kappa shape index (κ3) is 5.97. The second-order valence-electron chi connectivity index (χ2n) is 9.81. The van der Waals surface area contributed by atoms with Crippen molar-refractivity contribution in [1.82, 2.24) is 16.0 Å². The number of aliphatic carboxylic acids is 1. The maximum absolute atomic E-state index is 13.0. The summed E-state index contributed by atoms with van der Waals surface area (Å²) in [4.78, 5) is 39.4. The number of nitrogens with zero attached hydrogens (tertiary/aromatic N) is 1. The number of nitrogens with one attached hydrogen (secondary N) is 3. The van der Waals surface area contributed by atoms with Gasteiger partial charge in [-0.05, 0) is 41.7 Å². The number of carboxylic acid groups (broad SMARTS) is 1. The van der Waals surface area contributed by atoms with Crippen molar-refractivity contribution in [3.05, 3.63) is 99.0 Å². The molecule has 2 atom stereocenters. The van der Waals surface area contributed by atoms with Gasteiger partial charge >= 0.3 is 12.0 Å². The van der Waals surface area contributed by atoms with Crippen LogP contribution in [0.5, 0.6) is 0 Å². The average molecular weight is 567 g/mol. The third-order valence-electron chi connectivity index (χ3n) is 7.28. The third-order valence-corrected chi connectivity index (χ3v) is 7.88. The van der Waals surface area contributed by atoms with E-state index >= 15 is 0 Å². The second kappa shape index (κ2) is 11.6. The van der Waals surface area contributed by atoms with Crippen LogP contribution in [0.2, 0.25) is 10.0 Å². The second-order valence-corrected chi connectivity index (χ2v) is 10.6. The van der Waals surface area contributed by atoms with Gasteiger partial charge in [-0.2, -0.15) is 0 Å². The van der Waals surface area contributed by atoms with Crippen LogP contribution in [-0.2, 0) is 11.2 Å². The van der Waals surface area contributed by atoms with Crippen molar-refractivity contribution in [3.63, 3.8) is 0 Å². The van der Waals surface area contributed by atoms with Crippen molar-refractivity contribution in [3.8, 4) is 0 Å². The first-order valence-electron chi connectivity index (χ1n) is 12.7. The van der Waals surface area contributed by atoms with Crippen molar-refractivity contribution in [1.29, 1.82) is 0 Å². The standard InChI is InChI=1S/C29H28Cl2N4O4/c30-22-12-20(35-15-19(16-35)17-6-2-1-3-7-17)13-23(31)26(22)27(36)33-25(28(37)38)14-32-29(39)34-24-11-10-18-8-4-5-9-21(18)24/h1-9,12-13,19,24-25H,10-11,14-16H2,(H,33,36)(H,37,38)(H2,32,34,39). The minimum absolute atomic E-state index is 0.0134. The summed E-state index contributed by atoms with van der Waals surface area (Å²) in [5.41, 5.74) is 4.27. The molecule has 0 spiro atoms. The van der Waals surface area contributed by atoms with Gasteiger partial charge in [-0.3, -0.25) is 4.79 Å². The lowest BCUT2D eigenvalue weighted by Gasteiger charge is -2.41. The number of carbonyl (C=O) groups excluding carboxylic acids is 2. The van der Waals surface area contributed by atoms with Crippen LogP contribution in [-0.4, -0.2) is 48.7 Å². The summed E-state index contributed by atoms with van der Waals surface area (Å²) in [7, 11) is 0. The largest absolute Gasteiger partial charge is 0.480 e. The van der Waals surface area contributed by atoms with Crippen molar-refractivity contribution in [2.45, 2.75) is 30.8 Å². The van der Waals surface area contributed by atoms with Crippen molar-refractivity contribution < 1.29 is 19.5 Å². The van der Waals surface area contributed by atoms with Gasteiger partial charge in [0.15, 0.2) is 0 Å². The Morgan fingerprint density at radius 2 is 1.64 bits per heavy atom. The Hall–Kier alpha value is -3.75. The lowest BCUT2D eigenvalue weighted by Crippen LogP contribution is -2.50. The quantitative estimate of drug-likeness (QED) is 0.314. The highest BCUT2D eigenvalue weighted by Gasteiger charge is 2.30. The Morgan fingerprint density at radius 1 is 0.974 bits per heavy atom. The van der Waals surface area contributed by atoms with E-state index in [4.69, 9.17) is 23.2 Å². The van der Waals surface area contributed by atoms with Gasteiger partial charge < -0.3 is 26.0 Å². The van der Waals surface area contributed by atoms with E-state index in [1.807, 2.05) is 42.5 Å². The van der Waals surface area contributed by atoms with Crippen LogP contribution in [0, 0.1) is 0 Å². The smallest absolute Gasteiger partial charge is 0.328 e. The summed E-state index contributed by atoms with van der Waals surface area (Å²) in [6, 6.07) is 19.3. The van der Waals surface area contributed by atoms with E-state index in [9.17, 15) is 19.5 Å². The Labute approximate surface area is 236 Å². The van der Waals surface area contributed by atoms with E-state index < -0.39 is 23.9 Å². The molecule has 2 aliphatic rings. The lowest BCUT2D eigenvalue weighted by atomic mass is 9.91. The zero-order chi connectivity index (χ0) is 27.5. The lowest BCUT2D eigenvalue weighted by molar-refractivity contribution is -0.139. The number of fused-ring (bicyclic) bond motifs is 1. The first-order valence-corrected chi connectivity index (χ1v) is 13.5. The Kier molecular flexibility index (Phi) is 7.95. The molecule has 3 aromatic carbocycles. The molecule has 202 valence electrons. The zero-order valence-corrected chi connectivity index (χ0v) is 22.5. The molecule has 3 aromatic rings. The van der Waals surface area contributed by atoms with Crippen molar-refractivity contribution >= 4 is 46.8 Å². The van der Waals surface area contributed by atoms with E-state index in [0.29, 0.717) is 5.92 Å². The summed E-state index contributed by atoms with van der Waals surface area (Å²) in [5.74, 6) is -1.64.